The van der Waals surface area contributed by atoms with E-state index in [9.17, 15) is 0 Å². The highest BCUT2D eigenvalue weighted by Gasteiger charge is 2.29. The summed E-state index contributed by atoms with van der Waals surface area (Å²) >= 11 is 0. The Morgan fingerprint density at radius 1 is 1.17 bits per heavy atom. The lowest BCUT2D eigenvalue weighted by molar-refractivity contribution is -0.0296. The zero-order valence-electron chi connectivity index (χ0n) is 17.2. The molecule has 5 nitrogen and oxygen atoms in total. The predicted molar refractivity (Wildman–Crippen MR) is 115 cm³/mol. The van der Waals surface area contributed by atoms with Crippen molar-refractivity contribution in [2.45, 2.75) is 38.5 Å². The van der Waals surface area contributed by atoms with Gasteiger partial charge < -0.3 is 14.5 Å². The average Bonchev–Trinajstić information content (AvgIpc) is 3.31. The smallest absolute Gasteiger partial charge is 0.120 e. The van der Waals surface area contributed by atoms with Gasteiger partial charge in [-0.3, -0.25) is 4.90 Å². The number of hydrogen-bond acceptors (Lipinski definition) is 4. The van der Waals surface area contributed by atoms with Crippen molar-refractivity contribution in [3.05, 3.63) is 72.3 Å². The Balaban J connectivity index is 1.55. The minimum absolute atomic E-state index is 0.0951. The summed E-state index contributed by atoms with van der Waals surface area (Å²) in [6.45, 7) is 4.85. The summed E-state index contributed by atoms with van der Waals surface area (Å²) in [6, 6.07) is 17.3. The number of H-pyrrole nitrogens is 1. The maximum absolute atomic E-state index is 6.26. The molecule has 0 bridgehead atoms. The van der Waals surface area contributed by atoms with Crippen molar-refractivity contribution < 1.29 is 9.47 Å². The first-order chi connectivity index (χ1) is 14.3. The molecule has 0 unspecified atom stereocenters. The van der Waals surface area contributed by atoms with E-state index in [0.717, 1.165) is 44.1 Å². The molecule has 5 heteroatoms. The monoisotopic (exact) mass is 391 g/mol. The Morgan fingerprint density at radius 3 is 2.72 bits per heavy atom. The summed E-state index contributed by atoms with van der Waals surface area (Å²) in [5.74, 6) is 1.89. The zero-order valence-corrected chi connectivity index (χ0v) is 17.2. The number of aromatic nitrogens is 2. The fraction of sp³-hybridized carbons (Fsp3) is 0.375. The minimum atomic E-state index is 0.0951. The highest BCUT2D eigenvalue weighted by atomic mass is 16.5. The van der Waals surface area contributed by atoms with Gasteiger partial charge in [0.15, 0.2) is 0 Å². The van der Waals surface area contributed by atoms with Crippen molar-refractivity contribution in [3.63, 3.8) is 0 Å². The van der Waals surface area contributed by atoms with Gasteiger partial charge in [0, 0.05) is 25.0 Å². The molecule has 2 aromatic carbocycles. The molecule has 0 radical (unpaired) electrons. The number of nitrogens with one attached hydrogen (secondary N) is 1. The lowest BCUT2D eigenvalue weighted by Gasteiger charge is -2.37. The number of aromatic amines is 1. The van der Waals surface area contributed by atoms with Crippen LogP contribution < -0.4 is 4.74 Å². The van der Waals surface area contributed by atoms with E-state index in [1.165, 1.54) is 16.7 Å². The second-order valence-electron chi connectivity index (χ2n) is 7.45. The van der Waals surface area contributed by atoms with Crippen molar-refractivity contribution in [1.29, 1.82) is 0 Å². The Bertz CT molecular complexity index is 893. The third kappa shape index (κ3) is 4.52. The molecule has 1 aliphatic rings. The fourth-order valence-electron chi connectivity index (χ4n) is 4.21. The number of methoxy groups -OCH3 is 1. The zero-order chi connectivity index (χ0) is 20.1. The van der Waals surface area contributed by atoms with Crippen LogP contribution in [-0.2, 0) is 11.3 Å². The van der Waals surface area contributed by atoms with Crippen LogP contribution in [0.15, 0.2) is 60.9 Å². The van der Waals surface area contributed by atoms with Crippen molar-refractivity contribution in [2.24, 2.45) is 0 Å². The predicted octanol–water partition coefficient (Wildman–Crippen LogP) is 4.83. The van der Waals surface area contributed by atoms with Crippen LogP contribution in [0.25, 0.3) is 11.1 Å². The van der Waals surface area contributed by atoms with Crippen LogP contribution in [0.3, 0.4) is 0 Å². The highest BCUT2D eigenvalue weighted by Crippen LogP contribution is 2.37. The van der Waals surface area contributed by atoms with Crippen LogP contribution >= 0.6 is 0 Å². The molecule has 1 fully saturated rings. The Kier molecular flexibility index (Phi) is 6.27. The van der Waals surface area contributed by atoms with E-state index < -0.39 is 0 Å². The van der Waals surface area contributed by atoms with Gasteiger partial charge in [-0.1, -0.05) is 43.3 Å². The summed E-state index contributed by atoms with van der Waals surface area (Å²) in [5, 5.41) is 0. The molecular weight excluding hydrogens is 362 g/mol. The Morgan fingerprint density at radius 2 is 2.00 bits per heavy atom. The van der Waals surface area contributed by atoms with E-state index in [-0.39, 0.29) is 6.10 Å². The third-order valence-corrected chi connectivity index (χ3v) is 5.80. The summed E-state index contributed by atoms with van der Waals surface area (Å²) < 4.78 is 11.6. The first-order valence-corrected chi connectivity index (χ1v) is 10.4. The summed E-state index contributed by atoms with van der Waals surface area (Å²) in [7, 11) is 1.70. The number of benzene rings is 2. The van der Waals surface area contributed by atoms with Gasteiger partial charge in [-0.25, -0.2) is 4.98 Å². The number of nitrogens with zero attached hydrogens (tertiary/aromatic N) is 2. The van der Waals surface area contributed by atoms with E-state index in [4.69, 9.17) is 9.47 Å². The molecule has 0 spiro atoms. The summed E-state index contributed by atoms with van der Waals surface area (Å²) in [5.41, 5.74) is 3.68. The molecule has 0 aliphatic carbocycles. The topological polar surface area (TPSA) is 50.4 Å². The quantitative estimate of drug-likeness (QED) is 0.627. The first kappa shape index (κ1) is 19.7. The Hall–Kier alpha value is -2.63. The standard InChI is InChI=1S/C24H29N3O2/c1-3-27(17-24-25-13-14-26-24)19-12-15-29-23(16-19)22-7-5-4-6-21(22)18-8-10-20(28-2)11-9-18/h4-11,13-14,19,23H,3,12,15-17H2,1-2H3,(H,25,26)/t19-,23+/m0/s1. The summed E-state index contributed by atoms with van der Waals surface area (Å²) in [6.07, 6.45) is 5.84. The van der Waals surface area contributed by atoms with Crippen LogP contribution in [0.2, 0.25) is 0 Å². The van der Waals surface area contributed by atoms with Crippen molar-refractivity contribution in [3.8, 4) is 16.9 Å². The molecule has 29 heavy (non-hydrogen) atoms. The van der Waals surface area contributed by atoms with E-state index in [2.05, 4.69) is 58.2 Å². The maximum Gasteiger partial charge on any atom is 0.120 e. The summed E-state index contributed by atoms with van der Waals surface area (Å²) in [4.78, 5) is 10.1. The molecular formula is C24H29N3O2. The minimum Gasteiger partial charge on any atom is -0.497 e. The molecule has 1 aliphatic heterocycles. The van der Waals surface area contributed by atoms with Crippen LogP contribution in [0.1, 0.15) is 37.3 Å². The molecule has 4 rings (SSSR count). The van der Waals surface area contributed by atoms with Gasteiger partial charge in [-0.15, -0.1) is 0 Å². The molecule has 0 saturated carbocycles. The second kappa shape index (κ2) is 9.25. The van der Waals surface area contributed by atoms with E-state index >= 15 is 0 Å². The lowest BCUT2D eigenvalue weighted by atomic mass is 9.90. The maximum atomic E-state index is 6.26. The van der Waals surface area contributed by atoms with Crippen molar-refractivity contribution >= 4 is 0 Å². The number of ether oxygens (including phenoxy) is 2. The van der Waals surface area contributed by atoms with Crippen LogP contribution in [0.4, 0.5) is 0 Å². The first-order valence-electron chi connectivity index (χ1n) is 10.4. The van der Waals surface area contributed by atoms with Gasteiger partial charge in [0.2, 0.25) is 0 Å². The third-order valence-electron chi connectivity index (χ3n) is 5.80. The van der Waals surface area contributed by atoms with Crippen molar-refractivity contribution in [1.82, 2.24) is 14.9 Å². The fourth-order valence-corrected chi connectivity index (χ4v) is 4.21. The average molecular weight is 392 g/mol. The lowest BCUT2D eigenvalue weighted by Crippen LogP contribution is -2.40. The number of imidazole rings is 1. The van der Waals surface area contributed by atoms with Crippen LogP contribution in [0.5, 0.6) is 5.75 Å². The van der Waals surface area contributed by atoms with Crippen LogP contribution in [0, 0.1) is 0 Å². The van der Waals surface area contributed by atoms with Crippen LogP contribution in [-0.4, -0.2) is 41.2 Å². The van der Waals surface area contributed by atoms with Gasteiger partial charge in [0.25, 0.3) is 0 Å². The molecule has 3 aromatic rings. The molecule has 1 saturated heterocycles. The molecule has 1 N–H and O–H groups in total. The SMILES string of the molecule is CCN(Cc1ncc[nH]1)[C@H]1CCO[C@@H](c2ccccc2-c2ccc(OC)cc2)C1. The van der Waals surface area contributed by atoms with Gasteiger partial charge in [0.1, 0.15) is 11.6 Å². The van der Waals surface area contributed by atoms with E-state index in [1.807, 2.05) is 24.5 Å². The van der Waals surface area contributed by atoms with Gasteiger partial charge >= 0.3 is 0 Å². The largest absolute Gasteiger partial charge is 0.497 e. The molecule has 0 amide bonds. The Labute approximate surface area is 172 Å². The van der Waals surface area contributed by atoms with Gasteiger partial charge in [-0.05, 0) is 48.2 Å². The number of hydrogen-bond donors (Lipinski definition) is 1. The van der Waals surface area contributed by atoms with Gasteiger partial charge in [-0.2, -0.15) is 0 Å². The van der Waals surface area contributed by atoms with Crippen molar-refractivity contribution in [2.75, 3.05) is 20.3 Å². The van der Waals surface area contributed by atoms with Gasteiger partial charge in [0.05, 0.1) is 19.8 Å². The molecule has 2 heterocycles. The molecule has 1 aromatic heterocycles. The number of rotatable bonds is 7. The highest BCUT2D eigenvalue weighted by molar-refractivity contribution is 5.68. The van der Waals surface area contributed by atoms with E-state index in [1.54, 1.807) is 7.11 Å². The molecule has 152 valence electrons. The van der Waals surface area contributed by atoms with E-state index in [0.29, 0.717) is 6.04 Å². The normalized spacial score (nSPS) is 19.4. The molecule has 2 atom stereocenters. The second-order valence-corrected chi connectivity index (χ2v) is 7.45.